The van der Waals surface area contributed by atoms with Gasteiger partial charge in [0.15, 0.2) is 11.1 Å². The van der Waals surface area contributed by atoms with Crippen LogP contribution in [-0.2, 0) is 17.6 Å². The molecule has 108 valence electrons. The topological polar surface area (TPSA) is 96.7 Å². The fourth-order valence-electron chi connectivity index (χ4n) is 2.21. The van der Waals surface area contributed by atoms with Gasteiger partial charge in [0.1, 0.15) is 0 Å². The smallest absolute Gasteiger partial charge is 0.223 e. The number of thiazole rings is 1. The van der Waals surface area contributed by atoms with Crippen LogP contribution in [-0.4, -0.2) is 20.9 Å². The molecule has 4 N–H and O–H groups in total. The van der Waals surface area contributed by atoms with Crippen molar-refractivity contribution in [1.82, 2.24) is 15.0 Å². The van der Waals surface area contributed by atoms with Gasteiger partial charge in [-0.1, -0.05) is 12.1 Å². The second kappa shape index (κ2) is 5.53. The maximum atomic E-state index is 11.0. The molecule has 2 aromatic heterocycles. The number of rotatable bonds is 4. The highest BCUT2D eigenvalue weighted by Crippen LogP contribution is 2.21. The number of aromatic amines is 1. The van der Waals surface area contributed by atoms with Crippen molar-refractivity contribution in [2.75, 3.05) is 11.1 Å². The van der Waals surface area contributed by atoms with Gasteiger partial charge in [0.25, 0.3) is 0 Å². The summed E-state index contributed by atoms with van der Waals surface area (Å²) in [5, 5.41) is 5.30. The average molecular weight is 301 g/mol. The van der Waals surface area contributed by atoms with E-state index in [0.717, 1.165) is 35.1 Å². The molecule has 1 aromatic carbocycles. The zero-order chi connectivity index (χ0) is 14.8. The zero-order valence-electron chi connectivity index (χ0n) is 11.5. The molecule has 0 spiro atoms. The molecule has 3 aromatic rings. The van der Waals surface area contributed by atoms with Crippen molar-refractivity contribution in [3.8, 4) is 0 Å². The summed E-state index contributed by atoms with van der Waals surface area (Å²) in [6.07, 6.45) is 1.64. The fraction of sp³-hybridized carbons (Fsp3) is 0.214. The first-order valence-electron chi connectivity index (χ1n) is 6.57. The first kappa shape index (κ1) is 13.6. The number of H-pyrrole nitrogens is 1. The van der Waals surface area contributed by atoms with Gasteiger partial charge in [-0.15, -0.1) is 11.3 Å². The molecule has 0 aliphatic carbocycles. The van der Waals surface area contributed by atoms with Crippen molar-refractivity contribution in [2.24, 2.45) is 0 Å². The quantitative estimate of drug-likeness (QED) is 0.689. The standard InChI is InChI=1S/C14H15N5OS/c1-8(20)16-14-17-10(7-21-14)6-5-9-3-2-4-11-12(9)19-13(15)18-11/h2-4,7H,5-6H2,1H3,(H3,15,18,19)(H,16,17,20). The van der Waals surface area contributed by atoms with E-state index in [1.54, 1.807) is 0 Å². The molecule has 2 heterocycles. The van der Waals surface area contributed by atoms with E-state index in [4.69, 9.17) is 5.73 Å². The summed E-state index contributed by atoms with van der Waals surface area (Å²) in [6, 6.07) is 5.96. The van der Waals surface area contributed by atoms with Crippen LogP contribution in [0.1, 0.15) is 18.2 Å². The molecule has 0 saturated carbocycles. The largest absolute Gasteiger partial charge is 0.369 e. The van der Waals surface area contributed by atoms with Gasteiger partial charge in [-0.3, -0.25) is 4.79 Å². The van der Waals surface area contributed by atoms with Crippen molar-refractivity contribution in [1.29, 1.82) is 0 Å². The summed E-state index contributed by atoms with van der Waals surface area (Å²) < 4.78 is 0. The molecule has 0 saturated heterocycles. The molecule has 7 heteroatoms. The number of nitrogens with two attached hydrogens (primary N) is 1. The second-order valence-electron chi connectivity index (χ2n) is 4.76. The van der Waals surface area contributed by atoms with Gasteiger partial charge in [0.2, 0.25) is 5.91 Å². The number of benzene rings is 1. The number of imidazole rings is 1. The lowest BCUT2D eigenvalue weighted by atomic mass is 10.1. The molecule has 0 unspecified atom stereocenters. The minimum absolute atomic E-state index is 0.103. The zero-order valence-corrected chi connectivity index (χ0v) is 12.3. The summed E-state index contributed by atoms with van der Waals surface area (Å²) in [6.45, 7) is 1.48. The molecule has 1 amide bonds. The second-order valence-corrected chi connectivity index (χ2v) is 5.62. The molecule has 0 fully saturated rings. The van der Waals surface area contributed by atoms with Gasteiger partial charge in [0, 0.05) is 12.3 Å². The van der Waals surface area contributed by atoms with Crippen LogP contribution in [0.3, 0.4) is 0 Å². The summed E-state index contributed by atoms with van der Waals surface area (Å²) in [5.41, 5.74) is 9.68. The number of carbonyl (C=O) groups excluding carboxylic acids is 1. The number of anilines is 2. The predicted molar refractivity (Wildman–Crippen MR) is 84.3 cm³/mol. The van der Waals surface area contributed by atoms with Crippen LogP contribution in [0, 0.1) is 0 Å². The number of nitrogens with one attached hydrogen (secondary N) is 2. The van der Waals surface area contributed by atoms with Crippen LogP contribution in [0.4, 0.5) is 11.1 Å². The van der Waals surface area contributed by atoms with Crippen LogP contribution in [0.15, 0.2) is 23.6 Å². The number of nitrogens with zero attached hydrogens (tertiary/aromatic N) is 2. The first-order valence-corrected chi connectivity index (χ1v) is 7.45. The highest BCUT2D eigenvalue weighted by Gasteiger charge is 2.08. The number of amides is 1. The summed E-state index contributed by atoms with van der Waals surface area (Å²) in [7, 11) is 0. The number of fused-ring (bicyclic) bond motifs is 1. The van der Waals surface area contributed by atoms with Crippen LogP contribution in [0.5, 0.6) is 0 Å². The van der Waals surface area contributed by atoms with E-state index in [9.17, 15) is 4.79 Å². The van der Waals surface area contributed by atoms with E-state index in [1.807, 2.05) is 17.5 Å². The number of aromatic nitrogens is 3. The Balaban J connectivity index is 1.74. The molecule has 0 aliphatic heterocycles. The Morgan fingerprint density at radius 1 is 1.38 bits per heavy atom. The molecule has 0 aliphatic rings. The molecule has 3 rings (SSSR count). The van der Waals surface area contributed by atoms with Crippen LogP contribution in [0.25, 0.3) is 11.0 Å². The number of aryl methyl sites for hydroxylation is 2. The van der Waals surface area contributed by atoms with Gasteiger partial charge in [-0.2, -0.15) is 0 Å². The van der Waals surface area contributed by atoms with Gasteiger partial charge in [-0.05, 0) is 24.5 Å². The van der Waals surface area contributed by atoms with E-state index in [1.165, 1.54) is 18.3 Å². The van der Waals surface area contributed by atoms with Gasteiger partial charge in [0.05, 0.1) is 16.7 Å². The normalized spacial score (nSPS) is 10.9. The molecular weight excluding hydrogens is 286 g/mol. The Kier molecular flexibility index (Phi) is 3.57. The Bertz CT molecular complexity index is 792. The number of carbonyl (C=O) groups is 1. The fourth-order valence-corrected chi connectivity index (χ4v) is 3.00. The Morgan fingerprint density at radius 3 is 3.05 bits per heavy atom. The maximum absolute atomic E-state index is 11.0. The third-order valence-corrected chi connectivity index (χ3v) is 3.91. The highest BCUT2D eigenvalue weighted by atomic mass is 32.1. The third-order valence-electron chi connectivity index (χ3n) is 3.11. The Morgan fingerprint density at radius 2 is 2.24 bits per heavy atom. The van der Waals surface area contributed by atoms with E-state index in [-0.39, 0.29) is 5.91 Å². The van der Waals surface area contributed by atoms with Crippen molar-refractivity contribution >= 4 is 39.4 Å². The summed E-state index contributed by atoms with van der Waals surface area (Å²) >= 11 is 1.44. The van der Waals surface area contributed by atoms with Crippen LogP contribution in [0.2, 0.25) is 0 Å². The monoisotopic (exact) mass is 301 g/mol. The highest BCUT2D eigenvalue weighted by molar-refractivity contribution is 7.13. The van der Waals surface area contributed by atoms with E-state index >= 15 is 0 Å². The SMILES string of the molecule is CC(=O)Nc1nc(CCc2cccc3nc(N)[nH]c23)cs1. The number of hydrogen-bond donors (Lipinski definition) is 3. The van der Waals surface area contributed by atoms with Crippen molar-refractivity contribution in [2.45, 2.75) is 19.8 Å². The minimum atomic E-state index is -0.103. The molecule has 0 radical (unpaired) electrons. The number of hydrogen-bond acceptors (Lipinski definition) is 5. The minimum Gasteiger partial charge on any atom is -0.369 e. The number of nitrogen functional groups attached to an aromatic ring is 1. The van der Waals surface area contributed by atoms with Crippen molar-refractivity contribution < 1.29 is 4.79 Å². The Labute approximate surface area is 125 Å². The maximum Gasteiger partial charge on any atom is 0.223 e. The molecular formula is C14H15N5OS. The molecule has 0 bridgehead atoms. The van der Waals surface area contributed by atoms with Gasteiger partial charge < -0.3 is 16.0 Å². The lowest BCUT2D eigenvalue weighted by Crippen LogP contribution is -2.05. The molecule has 6 nitrogen and oxygen atoms in total. The van der Waals surface area contributed by atoms with Crippen molar-refractivity contribution in [3.63, 3.8) is 0 Å². The Hall–Kier alpha value is -2.41. The summed E-state index contributed by atoms with van der Waals surface area (Å²) in [4.78, 5) is 22.7. The van der Waals surface area contributed by atoms with Gasteiger partial charge in [-0.25, -0.2) is 9.97 Å². The predicted octanol–water partition coefficient (Wildman–Crippen LogP) is 2.35. The third kappa shape index (κ3) is 3.03. The van der Waals surface area contributed by atoms with E-state index in [0.29, 0.717) is 11.1 Å². The lowest BCUT2D eigenvalue weighted by Gasteiger charge is -2.01. The van der Waals surface area contributed by atoms with Gasteiger partial charge >= 0.3 is 0 Å². The lowest BCUT2D eigenvalue weighted by molar-refractivity contribution is -0.114. The summed E-state index contributed by atoms with van der Waals surface area (Å²) in [5.74, 6) is 0.327. The molecule has 21 heavy (non-hydrogen) atoms. The van der Waals surface area contributed by atoms with Crippen LogP contribution < -0.4 is 11.1 Å². The van der Waals surface area contributed by atoms with E-state index < -0.39 is 0 Å². The van der Waals surface area contributed by atoms with Crippen molar-refractivity contribution in [3.05, 3.63) is 34.8 Å². The van der Waals surface area contributed by atoms with Crippen LogP contribution >= 0.6 is 11.3 Å². The molecule has 0 atom stereocenters. The van der Waals surface area contributed by atoms with E-state index in [2.05, 4.69) is 26.3 Å². The first-order chi connectivity index (χ1) is 10.1. The number of para-hydroxylation sites is 1. The average Bonchev–Trinajstić information content (AvgIpc) is 3.01.